The number of carbonyl (C=O) groups is 4. The molecular weight excluding hydrogens is 778 g/mol. The average Bonchev–Trinajstić information content (AvgIpc) is 3.02. The normalized spacial score (nSPS) is 21.7. The lowest BCUT2D eigenvalue weighted by Crippen LogP contribution is -2.61. The Morgan fingerprint density at radius 3 is 1.39 bits per heavy atom. The highest BCUT2D eigenvalue weighted by atomic mass is 31.2. The van der Waals surface area contributed by atoms with Gasteiger partial charge in [0, 0.05) is 0 Å². The molecule has 1 aliphatic heterocycles. The molecule has 0 aromatic carbocycles. The van der Waals surface area contributed by atoms with E-state index in [9.17, 15) is 48.7 Å². The Morgan fingerprint density at radius 2 is 1.00 bits per heavy atom. The molecule has 1 saturated heterocycles. The smallest absolute Gasteiger partial charge is 0.437 e. The van der Waals surface area contributed by atoms with E-state index >= 15 is 0 Å². The molecule has 0 aromatic heterocycles. The summed E-state index contributed by atoms with van der Waals surface area (Å²) in [4.78, 5) is 47.8. The van der Waals surface area contributed by atoms with Gasteiger partial charge in [-0.05, 0) is 69.2 Å². The Labute approximate surface area is 311 Å². The van der Waals surface area contributed by atoms with Crippen molar-refractivity contribution in [3.63, 3.8) is 0 Å². The van der Waals surface area contributed by atoms with Crippen LogP contribution in [-0.4, -0.2) is 127 Å². The van der Waals surface area contributed by atoms with Gasteiger partial charge >= 0.3 is 39.9 Å². The number of aliphatic hydroxyl groups is 4. The minimum absolute atomic E-state index is 0.618. The highest BCUT2D eigenvalue weighted by molar-refractivity contribution is 7.48. The van der Waals surface area contributed by atoms with E-state index in [1.54, 1.807) is 0 Å². The van der Waals surface area contributed by atoms with Gasteiger partial charge in [0.2, 0.25) is 27.2 Å². The SMILES string of the molecule is CC(C)OC(=O)OCOP(=O)(OCOC(=O)OC(C)C)O[C@@H]1O[C@H]([C@H](O)COP(=O)(OCOC(=O)C(C)(C)C)OCOC(=O)C(C)(C)C)[C@@H](O)[C@H](O)[C@@H]1O. The lowest BCUT2D eigenvalue weighted by Gasteiger charge is -2.42. The molecule has 6 atom stereocenters. The first-order valence-electron chi connectivity index (χ1n) is 16.2. The number of hydrogen-bond acceptors (Lipinski definition) is 23. The van der Waals surface area contributed by atoms with Crippen LogP contribution in [0.5, 0.6) is 0 Å². The third-order valence-electron chi connectivity index (χ3n) is 6.09. The maximum Gasteiger partial charge on any atom is 0.510 e. The zero-order chi connectivity index (χ0) is 41.7. The van der Waals surface area contributed by atoms with Gasteiger partial charge in [-0.25, -0.2) is 36.8 Å². The van der Waals surface area contributed by atoms with E-state index in [2.05, 4.69) is 9.47 Å². The van der Waals surface area contributed by atoms with E-state index in [1.165, 1.54) is 69.2 Å². The minimum atomic E-state index is -5.14. The van der Waals surface area contributed by atoms with Crippen LogP contribution in [0.1, 0.15) is 69.2 Å². The predicted molar refractivity (Wildman–Crippen MR) is 175 cm³/mol. The molecule has 1 heterocycles. The van der Waals surface area contributed by atoms with Crippen molar-refractivity contribution in [2.75, 3.05) is 33.8 Å². The quantitative estimate of drug-likeness (QED) is 0.0593. The Kier molecular flexibility index (Phi) is 19.9. The number of esters is 2. The van der Waals surface area contributed by atoms with Gasteiger partial charge in [-0.3, -0.25) is 18.6 Å². The maximum absolute atomic E-state index is 13.5. The van der Waals surface area contributed by atoms with E-state index in [-0.39, 0.29) is 0 Å². The Hall–Kier alpha value is -2.50. The molecule has 0 spiro atoms. The van der Waals surface area contributed by atoms with Crippen LogP contribution >= 0.6 is 15.6 Å². The van der Waals surface area contributed by atoms with Gasteiger partial charge in [0.25, 0.3) is 0 Å². The number of carbonyl (C=O) groups excluding carboxylic acids is 4. The van der Waals surface area contributed by atoms with E-state index in [0.29, 0.717) is 0 Å². The number of ether oxygens (including phenoxy) is 7. The van der Waals surface area contributed by atoms with Crippen molar-refractivity contribution in [1.29, 1.82) is 0 Å². The van der Waals surface area contributed by atoms with Gasteiger partial charge < -0.3 is 53.6 Å². The summed E-state index contributed by atoms with van der Waals surface area (Å²) >= 11 is 0. The second kappa shape index (κ2) is 21.7. The second-order valence-corrected chi connectivity index (χ2v) is 17.1. The Balaban J connectivity index is 3.16. The van der Waals surface area contributed by atoms with Gasteiger partial charge in [0.1, 0.15) is 30.5 Å². The third-order valence-corrected chi connectivity index (χ3v) is 8.71. The molecule has 23 nitrogen and oxygen atoms in total. The predicted octanol–water partition coefficient (Wildman–Crippen LogP) is 2.60. The molecule has 0 saturated carbocycles. The van der Waals surface area contributed by atoms with Gasteiger partial charge in [-0.1, -0.05) is 0 Å². The molecular formula is C29H52O23P2. The molecule has 0 aliphatic carbocycles. The highest BCUT2D eigenvalue weighted by Crippen LogP contribution is 2.52. The molecule has 1 fully saturated rings. The van der Waals surface area contributed by atoms with Gasteiger partial charge in [-0.15, -0.1) is 0 Å². The van der Waals surface area contributed by atoms with Crippen molar-refractivity contribution in [3.05, 3.63) is 0 Å². The lowest BCUT2D eigenvalue weighted by molar-refractivity contribution is -0.294. The van der Waals surface area contributed by atoms with Crippen molar-refractivity contribution in [3.8, 4) is 0 Å². The highest BCUT2D eigenvalue weighted by Gasteiger charge is 2.50. The molecule has 54 heavy (non-hydrogen) atoms. The molecule has 25 heteroatoms. The minimum Gasteiger partial charge on any atom is -0.437 e. The van der Waals surface area contributed by atoms with Gasteiger partial charge in [-0.2, -0.15) is 0 Å². The van der Waals surface area contributed by atoms with Crippen molar-refractivity contribution >= 4 is 39.9 Å². The number of hydrogen-bond donors (Lipinski definition) is 4. The third kappa shape index (κ3) is 18.0. The van der Waals surface area contributed by atoms with Crippen molar-refractivity contribution in [2.24, 2.45) is 10.8 Å². The van der Waals surface area contributed by atoms with Crippen molar-refractivity contribution in [2.45, 2.75) is 118 Å². The van der Waals surface area contributed by atoms with Crippen LogP contribution < -0.4 is 0 Å². The van der Waals surface area contributed by atoms with Gasteiger partial charge in [0.05, 0.1) is 29.6 Å². The first-order valence-corrected chi connectivity index (χ1v) is 19.1. The molecule has 1 aliphatic rings. The molecule has 0 bridgehead atoms. The second-order valence-electron chi connectivity index (χ2n) is 13.8. The molecule has 0 radical (unpaired) electrons. The molecule has 316 valence electrons. The van der Waals surface area contributed by atoms with Crippen molar-refractivity contribution < 1.29 is 109 Å². The number of rotatable bonds is 20. The number of aliphatic hydroxyl groups excluding tert-OH is 4. The molecule has 0 unspecified atom stereocenters. The molecule has 4 N–H and O–H groups in total. The van der Waals surface area contributed by atoms with Gasteiger partial charge in [0.15, 0.2) is 6.29 Å². The van der Waals surface area contributed by atoms with Crippen LogP contribution in [0.4, 0.5) is 9.59 Å². The summed E-state index contributed by atoms with van der Waals surface area (Å²) in [5, 5.41) is 42.6. The van der Waals surface area contributed by atoms with E-state index in [1.807, 2.05) is 0 Å². The summed E-state index contributed by atoms with van der Waals surface area (Å²) in [7, 11) is -10.0. The first-order chi connectivity index (χ1) is 24.7. The van der Waals surface area contributed by atoms with Crippen LogP contribution in [-0.2, 0) is 79.0 Å². The van der Waals surface area contributed by atoms with Crippen LogP contribution in [0.15, 0.2) is 0 Å². The lowest BCUT2D eigenvalue weighted by atomic mass is 9.96. The molecule has 0 aromatic rings. The maximum atomic E-state index is 13.5. The fraction of sp³-hybridized carbons (Fsp3) is 0.862. The Bertz CT molecular complexity index is 1240. The van der Waals surface area contributed by atoms with Crippen LogP contribution in [0.25, 0.3) is 0 Å². The van der Waals surface area contributed by atoms with Crippen LogP contribution in [0, 0.1) is 10.8 Å². The molecule has 1 rings (SSSR count). The summed E-state index contributed by atoms with van der Waals surface area (Å²) in [6.07, 6.45) is -16.8. The zero-order valence-corrected chi connectivity index (χ0v) is 33.4. The summed E-state index contributed by atoms with van der Waals surface area (Å²) in [5.74, 6) is -1.56. The standard InChI is InChI=1S/C29H52O23P2/c1-16(2)49-26(36)42-14-47-54(39,48-15-43-27(37)50-17(3)4)52-23-21(33)19(31)20(32)22(51-23)18(30)11-44-53(38,45-12-40-24(34)28(5,6)7)46-13-41-25(35)29(8,9)10/h16-23,30-33H,11-15H2,1-10H3/t18-,19+,20+,21+,22-,23+/m1/s1. The van der Waals surface area contributed by atoms with E-state index in [4.69, 9.17) is 50.8 Å². The molecule has 0 amide bonds. The fourth-order valence-electron chi connectivity index (χ4n) is 3.33. The fourth-order valence-corrected chi connectivity index (χ4v) is 5.24. The van der Waals surface area contributed by atoms with Crippen LogP contribution in [0.3, 0.4) is 0 Å². The zero-order valence-electron chi connectivity index (χ0n) is 31.6. The number of phosphoric ester groups is 2. The Morgan fingerprint density at radius 1 is 0.611 bits per heavy atom. The summed E-state index contributed by atoms with van der Waals surface area (Å²) < 4.78 is 90.7. The van der Waals surface area contributed by atoms with E-state index < -0.39 is 134 Å². The topological polar surface area (TPSA) is 303 Å². The largest absolute Gasteiger partial charge is 0.510 e. The van der Waals surface area contributed by atoms with Crippen molar-refractivity contribution in [1.82, 2.24) is 0 Å². The van der Waals surface area contributed by atoms with Crippen LogP contribution in [0.2, 0.25) is 0 Å². The average molecular weight is 831 g/mol. The number of phosphoric acid groups is 2. The monoisotopic (exact) mass is 830 g/mol. The van der Waals surface area contributed by atoms with E-state index in [0.717, 1.165) is 0 Å². The first kappa shape index (κ1) is 49.5. The summed E-state index contributed by atoms with van der Waals surface area (Å²) in [6, 6.07) is 0. The summed E-state index contributed by atoms with van der Waals surface area (Å²) in [6.45, 7) is 9.69. The summed E-state index contributed by atoms with van der Waals surface area (Å²) in [5.41, 5.74) is -1.99.